The van der Waals surface area contributed by atoms with Gasteiger partial charge in [0.05, 0.1) is 11.7 Å². The fraction of sp³-hybridized carbons (Fsp3) is 0.594. The van der Waals surface area contributed by atoms with Gasteiger partial charge in [0.1, 0.15) is 17.4 Å². The number of hydrogen-bond acceptors (Lipinski definition) is 3. The van der Waals surface area contributed by atoms with Crippen LogP contribution in [0.2, 0.25) is 0 Å². The second-order valence-corrected chi connectivity index (χ2v) is 13.4. The average molecular weight is 527 g/mol. The second kappa shape index (κ2) is 11.0. The number of carbonyl (C=O) groups excluding carboxylic acids is 1. The van der Waals surface area contributed by atoms with Crippen molar-refractivity contribution in [2.24, 2.45) is 5.92 Å². The number of piperidine rings is 1. The zero-order valence-electron chi connectivity index (χ0n) is 23.8. The third kappa shape index (κ3) is 6.39. The minimum absolute atomic E-state index is 0.0647. The highest BCUT2D eigenvalue weighted by Crippen LogP contribution is 2.40. The summed E-state index contributed by atoms with van der Waals surface area (Å²) in [6.07, 6.45) is 7.29. The fourth-order valence-electron chi connectivity index (χ4n) is 6.14. The minimum atomic E-state index is -0.754. The quantitative estimate of drug-likeness (QED) is 0.383. The number of aryl methyl sites for hydroxylation is 2. The molecule has 4 nitrogen and oxygen atoms in total. The Hall–Kier alpha value is -2.47. The number of anilines is 1. The Bertz CT molecular complexity index is 1140. The Kier molecular flexibility index (Phi) is 8.23. The molecule has 1 heterocycles. The molecule has 1 saturated carbocycles. The SMILES string of the molecule is CC(C)(C)c1cc(CCc2cc(F)cc(F)c2NC(=O)C2CCC3CCCCC3N2)cc(C(C)(C)C)c1O. The maximum Gasteiger partial charge on any atom is 0.241 e. The normalized spacial score (nSPS) is 22.2. The van der Waals surface area contributed by atoms with Gasteiger partial charge in [-0.15, -0.1) is 0 Å². The van der Waals surface area contributed by atoms with E-state index in [9.17, 15) is 14.3 Å². The van der Waals surface area contributed by atoms with Gasteiger partial charge in [-0.2, -0.15) is 0 Å². The minimum Gasteiger partial charge on any atom is -0.507 e. The van der Waals surface area contributed by atoms with Crippen LogP contribution in [0.1, 0.15) is 102 Å². The molecule has 1 amide bonds. The molecule has 1 saturated heterocycles. The number of rotatable bonds is 5. The van der Waals surface area contributed by atoms with Crippen molar-refractivity contribution in [3.8, 4) is 5.75 Å². The van der Waals surface area contributed by atoms with Gasteiger partial charge in [0, 0.05) is 12.1 Å². The predicted molar refractivity (Wildman–Crippen MR) is 150 cm³/mol. The van der Waals surface area contributed by atoms with Gasteiger partial charge >= 0.3 is 0 Å². The van der Waals surface area contributed by atoms with Crippen LogP contribution in [0.4, 0.5) is 14.5 Å². The van der Waals surface area contributed by atoms with Crippen LogP contribution in [0.25, 0.3) is 0 Å². The van der Waals surface area contributed by atoms with E-state index >= 15 is 4.39 Å². The maximum atomic E-state index is 15.0. The van der Waals surface area contributed by atoms with E-state index in [4.69, 9.17) is 0 Å². The summed E-state index contributed by atoms with van der Waals surface area (Å²) in [5, 5.41) is 17.3. The van der Waals surface area contributed by atoms with Gasteiger partial charge in [-0.3, -0.25) is 4.79 Å². The van der Waals surface area contributed by atoms with Gasteiger partial charge in [0.2, 0.25) is 5.91 Å². The molecule has 3 unspecified atom stereocenters. The third-order valence-corrected chi connectivity index (χ3v) is 8.32. The zero-order chi connectivity index (χ0) is 27.8. The monoisotopic (exact) mass is 526 g/mol. The number of carbonyl (C=O) groups is 1. The highest BCUT2D eigenvalue weighted by atomic mass is 19.1. The van der Waals surface area contributed by atoms with Crippen LogP contribution in [0.3, 0.4) is 0 Å². The first-order valence-corrected chi connectivity index (χ1v) is 14.2. The van der Waals surface area contributed by atoms with Gasteiger partial charge in [-0.25, -0.2) is 8.78 Å². The molecule has 2 aromatic carbocycles. The van der Waals surface area contributed by atoms with Crippen molar-refractivity contribution in [2.45, 2.75) is 116 Å². The second-order valence-electron chi connectivity index (χ2n) is 13.4. The van der Waals surface area contributed by atoms with Crippen molar-refractivity contribution in [3.63, 3.8) is 0 Å². The topological polar surface area (TPSA) is 61.4 Å². The number of phenolic OH excluding ortho intramolecular Hbond substituents is 1. The van der Waals surface area contributed by atoms with Crippen molar-refractivity contribution in [1.82, 2.24) is 5.32 Å². The molecule has 0 spiro atoms. The molecule has 208 valence electrons. The van der Waals surface area contributed by atoms with E-state index in [1.165, 1.54) is 25.3 Å². The molecule has 2 fully saturated rings. The lowest BCUT2D eigenvalue weighted by atomic mass is 9.77. The lowest BCUT2D eigenvalue weighted by Gasteiger charge is -2.39. The number of halogens is 2. The van der Waals surface area contributed by atoms with E-state index in [1.807, 2.05) is 12.1 Å². The Morgan fingerprint density at radius 2 is 1.55 bits per heavy atom. The van der Waals surface area contributed by atoms with Crippen LogP contribution in [0.15, 0.2) is 24.3 Å². The van der Waals surface area contributed by atoms with Crippen molar-refractivity contribution in [1.29, 1.82) is 0 Å². The number of phenols is 1. The summed E-state index contributed by atoms with van der Waals surface area (Å²) in [5.41, 5.74) is 2.64. The molecule has 3 N–H and O–H groups in total. The van der Waals surface area contributed by atoms with Crippen LogP contribution in [-0.4, -0.2) is 23.1 Å². The number of benzene rings is 2. The molecule has 4 rings (SSSR count). The Morgan fingerprint density at radius 1 is 0.921 bits per heavy atom. The number of nitrogens with one attached hydrogen (secondary N) is 2. The molecule has 1 aliphatic carbocycles. The number of fused-ring (bicyclic) bond motifs is 1. The first-order valence-electron chi connectivity index (χ1n) is 14.2. The molecule has 0 bridgehead atoms. The van der Waals surface area contributed by atoms with Crippen LogP contribution in [-0.2, 0) is 28.5 Å². The van der Waals surface area contributed by atoms with E-state index in [1.54, 1.807) is 0 Å². The fourth-order valence-corrected chi connectivity index (χ4v) is 6.14. The number of hydrogen-bond donors (Lipinski definition) is 3. The molecular formula is C32H44F2N2O2. The van der Waals surface area contributed by atoms with Crippen LogP contribution < -0.4 is 10.6 Å². The Labute approximate surface area is 226 Å². The smallest absolute Gasteiger partial charge is 0.241 e. The molecule has 0 aromatic heterocycles. The molecule has 3 atom stereocenters. The van der Waals surface area contributed by atoms with Crippen molar-refractivity contribution < 1.29 is 18.7 Å². The van der Waals surface area contributed by atoms with Crippen LogP contribution in [0, 0.1) is 17.6 Å². The summed E-state index contributed by atoms with van der Waals surface area (Å²) in [5.74, 6) is -0.745. The van der Waals surface area contributed by atoms with Gasteiger partial charge in [-0.05, 0) is 83.6 Å². The van der Waals surface area contributed by atoms with Gasteiger partial charge < -0.3 is 15.7 Å². The van der Waals surface area contributed by atoms with Crippen molar-refractivity contribution in [2.75, 3.05) is 5.32 Å². The first-order chi connectivity index (χ1) is 17.7. The molecule has 2 aliphatic rings. The largest absolute Gasteiger partial charge is 0.507 e. The van der Waals surface area contributed by atoms with Crippen LogP contribution >= 0.6 is 0 Å². The van der Waals surface area contributed by atoms with E-state index < -0.39 is 11.6 Å². The zero-order valence-corrected chi connectivity index (χ0v) is 23.8. The summed E-state index contributed by atoms with van der Waals surface area (Å²) in [7, 11) is 0. The highest BCUT2D eigenvalue weighted by molar-refractivity contribution is 5.95. The highest BCUT2D eigenvalue weighted by Gasteiger charge is 2.35. The van der Waals surface area contributed by atoms with Gasteiger partial charge in [-0.1, -0.05) is 66.5 Å². The summed E-state index contributed by atoms with van der Waals surface area (Å²) in [6.45, 7) is 12.3. The van der Waals surface area contributed by atoms with E-state index in [-0.39, 0.29) is 28.5 Å². The maximum absolute atomic E-state index is 15.0. The summed E-state index contributed by atoms with van der Waals surface area (Å²) in [4.78, 5) is 13.2. The third-order valence-electron chi connectivity index (χ3n) is 8.32. The molecular weight excluding hydrogens is 482 g/mol. The van der Waals surface area contributed by atoms with Gasteiger partial charge in [0.25, 0.3) is 0 Å². The molecule has 2 aromatic rings. The molecule has 1 aliphatic heterocycles. The van der Waals surface area contributed by atoms with Gasteiger partial charge in [0.15, 0.2) is 0 Å². The van der Waals surface area contributed by atoms with E-state index in [0.29, 0.717) is 36.1 Å². The summed E-state index contributed by atoms with van der Waals surface area (Å²) >= 11 is 0. The average Bonchev–Trinajstić information content (AvgIpc) is 2.83. The molecule has 0 radical (unpaired) electrons. The van der Waals surface area contributed by atoms with E-state index in [2.05, 4.69) is 52.2 Å². The van der Waals surface area contributed by atoms with E-state index in [0.717, 1.165) is 42.0 Å². The predicted octanol–water partition coefficient (Wildman–Crippen LogP) is 7.30. The van der Waals surface area contributed by atoms with Crippen molar-refractivity contribution >= 4 is 11.6 Å². The Morgan fingerprint density at radius 3 is 2.18 bits per heavy atom. The summed E-state index contributed by atoms with van der Waals surface area (Å²) < 4.78 is 29.3. The Balaban J connectivity index is 1.56. The van der Waals surface area contributed by atoms with Crippen molar-refractivity contribution in [3.05, 3.63) is 58.2 Å². The standard InChI is InChI=1S/C32H44F2N2O2/c1-31(2,3)23-15-19(16-24(29(23)37)32(4,5)6)11-12-21-17-22(33)18-25(34)28(21)36-30(38)27-14-13-20-9-7-8-10-26(20)35-27/h15-18,20,26-27,35,37H,7-14H2,1-6H3,(H,36,38). The van der Waals surface area contributed by atoms with Crippen LogP contribution in [0.5, 0.6) is 5.75 Å². The molecule has 6 heteroatoms. The number of aromatic hydroxyl groups is 1. The molecule has 38 heavy (non-hydrogen) atoms. The lowest BCUT2D eigenvalue weighted by Crippen LogP contribution is -2.53. The number of amides is 1. The lowest BCUT2D eigenvalue weighted by molar-refractivity contribution is -0.119. The summed E-state index contributed by atoms with van der Waals surface area (Å²) in [6, 6.07) is 6.11. The first kappa shape index (κ1) is 28.5.